The SMILES string of the molecule is FCC1CN(c2cccc3c2CCNC3)CCO1. The molecule has 1 N–H and O–H groups in total. The standard InChI is InChI=1S/C14H19FN2O/c15-8-12-10-17(6-7-18-12)14-3-1-2-11-9-16-5-4-13(11)14/h1-3,12,16H,4-10H2. The van der Waals surface area contributed by atoms with Crippen molar-refractivity contribution >= 4 is 5.69 Å². The third-order valence-electron chi connectivity index (χ3n) is 3.77. The molecule has 2 aliphatic rings. The van der Waals surface area contributed by atoms with Crippen LogP contribution in [0.2, 0.25) is 0 Å². The van der Waals surface area contributed by atoms with Crippen molar-refractivity contribution in [1.29, 1.82) is 0 Å². The number of fused-ring (bicyclic) bond motifs is 1. The van der Waals surface area contributed by atoms with Gasteiger partial charge < -0.3 is 15.0 Å². The van der Waals surface area contributed by atoms with E-state index in [0.717, 1.165) is 26.1 Å². The Morgan fingerprint density at radius 2 is 2.39 bits per heavy atom. The summed E-state index contributed by atoms with van der Waals surface area (Å²) in [5.41, 5.74) is 4.08. The van der Waals surface area contributed by atoms with E-state index < -0.39 is 6.67 Å². The lowest BCUT2D eigenvalue weighted by atomic mass is 9.98. The van der Waals surface area contributed by atoms with Gasteiger partial charge in [0, 0.05) is 25.3 Å². The number of morpholine rings is 1. The zero-order valence-corrected chi connectivity index (χ0v) is 10.5. The zero-order chi connectivity index (χ0) is 12.4. The summed E-state index contributed by atoms with van der Waals surface area (Å²) in [6, 6.07) is 6.43. The van der Waals surface area contributed by atoms with Crippen LogP contribution in [0.3, 0.4) is 0 Å². The summed E-state index contributed by atoms with van der Waals surface area (Å²) in [4.78, 5) is 2.28. The second-order valence-electron chi connectivity index (χ2n) is 4.93. The van der Waals surface area contributed by atoms with Crippen molar-refractivity contribution in [3.05, 3.63) is 29.3 Å². The van der Waals surface area contributed by atoms with Gasteiger partial charge in [0.2, 0.25) is 0 Å². The molecule has 3 nitrogen and oxygen atoms in total. The first-order valence-corrected chi connectivity index (χ1v) is 6.62. The van der Waals surface area contributed by atoms with E-state index in [1.54, 1.807) is 0 Å². The third kappa shape index (κ3) is 2.22. The van der Waals surface area contributed by atoms with E-state index in [0.29, 0.717) is 13.2 Å². The Bertz CT molecular complexity index is 424. The highest BCUT2D eigenvalue weighted by Gasteiger charge is 2.23. The van der Waals surface area contributed by atoms with E-state index in [2.05, 4.69) is 28.4 Å². The number of ether oxygens (including phenoxy) is 1. The molecular formula is C14H19FN2O. The van der Waals surface area contributed by atoms with Crippen LogP contribution in [0.1, 0.15) is 11.1 Å². The molecule has 0 amide bonds. The highest BCUT2D eigenvalue weighted by Crippen LogP contribution is 2.28. The summed E-state index contributed by atoms with van der Waals surface area (Å²) in [6.07, 6.45) is 0.791. The largest absolute Gasteiger partial charge is 0.372 e. The van der Waals surface area contributed by atoms with Crippen LogP contribution < -0.4 is 10.2 Å². The molecule has 1 saturated heterocycles. The molecule has 1 aromatic carbocycles. The number of nitrogens with zero attached hydrogens (tertiary/aromatic N) is 1. The van der Waals surface area contributed by atoms with Crippen molar-refractivity contribution in [2.75, 3.05) is 37.8 Å². The first kappa shape index (κ1) is 11.9. The molecule has 0 aromatic heterocycles. The first-order chi connectivity index (χ1) is 8.88. The van der Waals surface area contributed by atoms with Crippen LogP contribution in [0.15, 0.2) is 18.2 Å². The van der Waals surface area contributed by atoms with E-state index in [-0.39, 0.29) is 6.10 Å². The predicted molar refractivity (Wildman–Crippen MR) is 69.8 cm³/mol. The summed E-state index contributed by atoms with van der Waals surface area (Å²) < 4.78 is 18.1. The molecule has 18 heavy (non-hydrogen) atoms. The second-order valence-corrected chi connectivity index (χ2v) is 4.93. The molecule has 3 rings (SSSR count). The molecule has 2 heterocycles. The fourth-order valence-electron chi connectivity index (χ4n) is 2.84. The van der Waals surface area contributed by atoms with Gasteiger partial charge in [-0.2, -0.15) is 0 Å². The van der Waals surface area contributed by atoms with Gasteiger partial charge in [0.15, 0.2) is 0 Å². The number of benzene rings is 1. The molecular weight excluding hydrogens is 231 g/mol. The highest BCUT2D eigenvalue weighted by atomic mass is 19.1. The van der Waals surface area contributed by atoms with Crippen LogP contribution in [-0.2, 0) is 17.7 Å². The summed E-state index contributed by atoms with van der Waals surface area (Å²) in [7, 11) is 0. The van der Waals surface area contributed by atoms with Gasteiger partial charge in [0.25, 0.3) is 0 Å². The van der Waals surface area contributed by atoms with Gasteiger partial charge in [-0.05, 0) is 30.2 Å². The Morgan fingerprint density at radius 1 is 1.44 bits per heavy atom. The molecule has 0 saturated carbocycles. The number of alkyl halides is 1. The molecule has 1 aromatic rings. The monoisotopic (exact) mass is 250 g/mol. The van der Waals surface area contributed by atoms with Crippen LogP contribution in [0.4, 0.5) is 10.1 Å². The second kappa shape index (κ2) is 5.24. The molecule has 1 fully saturated rings. The Morgan fingerprint density at radius 3 is 3.28 bits per heavy atom. The van der Waals surface area contributed by atoms with E-state index in [1.165, 1.54) is 16.8 Å². The molecule has 0 spiro atoms. The van der Waals surface area contributed by atoms with E-state index in [9.17, 15) is 4.39 Å². The number of rotatable bonds is 2. The minimum atomic E-state index is -0.396. The Kier molecular flexibility index (Phi) is 3.48. The van der Waals surface area contributed by atoms with Crippen molar-refractivity contribution in [1.82, 2.24) is 5.32 Å². The third-order valence-corrected chi connectivity index (χ3v) is 3.77. The Hall–Kier alpha value is -1.13. The van der Waals surface area contributed by atoms with Gasteiger partial charge in [-0.25, -0.2) is 4.39 Å². The van der Waals surface area contributed by atoms with Crippen LogP contribution in [-0.4, -0.2) is 39.0 Å². The summed E-state index contributed by atoms with van der Waals surface area (Å²) in [5.74, 6) is 0. The average molecular weight is 250 g/mol. The van der Waals surface area contributed by atoms with Crippen LogP contribution in [0.5, 0.6) is 0 Å². The molecule has 4 heteroatoms. The van der Waals surface area contributed by atoms with Gasteiger partial charge in [-0.1, -0.05) is 12.1 Å². The number of hydrogen-bond acceptors (Lipinski definition) is 3. The highest BCUT2D eigenvalue weighted by molar-refractivity contribution is 5.58. The topological polar surface area (TPSA) is 24.5 Å². The van der Waals surface area contributed by atoms with Crippen molar-refractivity contribution in [3.63, 3.8) is 0 Å². The number of nitrogens with one attached hydrogen (secondary N) is 1. The smallest absolute Gasteiger partial charge is 0.117 e. The minimum Gasteiger partial charge on any atom is -0.372 e. The number of halogens is 1. The van der Waals surface area contributed by atoms with Gasteiger partial charge >= 0.3 is 0 Å². The normalized spacial score (nSPS) is 23.8. The van der Waals surface area contributed by atoms with Crippen molar-refractivity contribution in [2.24, 2.45) is 0 Å². The molecule has 0 aliphatic carbocycles. The van der Waals surface area contributed by atoms with Crippen molar-refractivity contribution in [3.8, 4) is 0 Å². The molecule has 1 unspecified atom stereocenters. The molecule has 98 valence electrons. The van der Waals surface area contributed by atoms with Crippen molar-refractivity contribution < 1.29 is 9.13 Å². The maximum Gasteiger partial charge on any atom is 0.117 e. The van der Waals surface area contributed by atoms with Crippen molar-refractivity contribution in [2.45, 2.75) is 19.1 Å². The van der Waals surface area contributed by atoms with Gasteiger partial charge in [-0.15, -0.1) is 0 Å². The summed E-state index contributed by atoms with van der Waals surface area (Å²) in [6.45, 7) is 3.73. The van der Waals surface area contributed by atoms with E-state index in [4.69, 9.17) is 4.74 Å². The zero-order valence-electron chi connectivity index (χ0n) is 10.5. The minimum absolute atomic E-state index is 0.267. The summed E-state index contributed by atoms with van der Waals surface area (Å²) >= 11 is 0. The average Bonchev–Trinajstić information content (AvgIpc) is 2.47. The predicted octanol–water partition coefficient (Wildman–Crippen LogP) is 1.51. The number of anilines is 1. The lowest BCUT2D eigenvalue weighted by Gasteiger charge is -2.36. The van der Waals surface area contributed by atoms with Gasteiger partial charge in [-0.3, -0.25) is 0 Å². The Labute approximate surface area is 107 Å². The molecule has 1 atom stereocenters. The maximum absolute atomic E-state index is 12.7. The lowest BCUT2D eigenvalue weighted by Crippen LogP contribution is -2.44. The van der Waals surface area contributed by atoms with E-state index >= 15 is 0 Å². The fourth-order valence-corrected chi connectivity index (χ4v) is 2.84. The van der Waals surface area contributed by atoms with Gasteiger partial charge in [0.05, 0.1) is 6.61 Å². The number of hydrogen-bond donors (Lipinski definition) is 1. The quantitative estimate of drug-likeness (QED) is 0.861. The first-order valence-electron chi connectivity index (χ1n) is 6.62. The van der Waals surface area contributed by atoms with Gasteiger partial charge in [0.1, 0.15) is 12.8 Å². The van der Waals surface area contributed by atoms with E-state index in [1.807, 2.05) is 0 Å². The molecule has 0 bridgehead atoms. The molecule has 2 aliphatic heterocycles. The molecule has 0 radical (unpaired) electrons. The van der Waals surface area contributed by atoms with Crippen LogP contribution in [0, 0.1) is 0 Å². The maximum atomic E-state index is 12.7. The summed E-state index contributed by atoms with van der Waals surface area (Å²) in [5, 5.41) is 3.39. The fraction of sp³-hybridized carbons (Fsp3) is 0.571. The Balaban J connectivity index is 1.87. The van der Waals surface area contributed by atoms with Crippen LogP contribution in [0.25, 0.3) is 0 Å². The van der Waals surface area contributed by atoms with Crippen LogP contribution >= 0.6 is 0 Å². The lowest BCUT2D eigenvalue weighted by molar-refractivity contribution is 0.0246.